The van der Waals surface area contributed by atoms with Gasteiger partial charge in [0.25, 0.3) is 10.0 Å². The van der Waals surface area contributed by atoms with E-state index in [4.69, 9.17) is 9.47 Å². The van der Waals surface area contributed by atoms with Crippen molar-refractivity contribution in [3.05, 3.63) is 95.7 Å². The van der Waals surface area contributed by atoms with E-state index in [0.29, 0.717) is 11.4 Å². The van der Waals surface area contributed by atoms with Gasteiger partial charge in [0.1, 0.15) is 5.75 Å². The number of hydrogen-bond donors (Lipinski definition) is 0. The van der Waals surface area contributed by atoms with Gasteiger partial charge in [0.2, 0.25) is 0 Å². The van der Waals surface area contributed by atoms with Gasteiger partial charge in [-0.2, -0.15) is 0 Å². The van der Waals surface area contributed by atoms with Gasteiger partial charge in [-0.3, -0.25) is 9.10 Å². The van der Waals surface area contributed by atoms with Crippen molar-refractivity contribution in [1.82, 2.24) is 0 Å². The molecule has 0 radical (unpaired) electrons. The van der Waals surface area contributed by atoms with Gasteiger partial charge in [-0.1, -0.05) is 38.1 Å². The molecular weight excluding hydrogens is 504 g/mol. The summed E-state index contributed by atoms with van der Waals surface area (Å²) in [5.41, 5.74) is 3.00. The number of fused-ring (bicyclic) bond motifs is 1. The minimum atomic E-state index is -3.96. The molecule has 0 bridgehead atoms. The highest BCUT2D eigenvalue weighted by Crippen LogP contribution is 2.46. The van der Waals surface area contributed by atoms with Gasteiger partial charge in [-0.15, -0.1) is 0 Å². The van der Waals surface area contributed by atoms with Crippen molar-refractivity contribution in [3.63, 3.8) is 0 Å². The third-order valence-corrected chi connectivity index (χ3v) is 8.53. The Morgan fingerprint density at radius 1 is 1.00 bits per heavy atom. The normalized spacial score (nSPS) is 15.2. The van der Waals surface area contributed by atoms with Crippen molar-refractivity contribution < 1.29 is 27.5 Å². The summed E-state index contributed by atoms with van der Waals surface area (Å²) >= 11 is 0. The fraction of sp³-hybridized carbons (Fsp3) is 0.241. The number of para-hydroxylation sites is 1. The molecule has 0 saturated carbocycles. The Balaban J connectivity index is 1.46. The standard InChI is InChI=1S/C29H30N2O6S/c1-29(2)25-11-6-7-12-26(25)30(3)27(29)18-22(32)19-37-28(33)20-9-8-10-24(17-20)38(34,35)31(4)21-13-15-23(36-5)16-14-21/h6-18H,19H2,1-5H3. The molecule has 0 fully saturated rings. The number of carbonyl (C=O) groups is 2. The van der Waals surface area contributed by atoms with Crippen LogP contribution in [0.4, 0.5) is 11.4 Å². The molecule has 0 spiro atoms. The number of nitrogens with zero attached hydrogens (tertiary/aromatic N) is 2. The molecule has 3 aromatic carbocycles. The zero-order chi connectivity index (χ0) is 27.7. The summed E-state index contributed by atoms with van der Waals surface area (Å²) in [6, 6.07) is 20.0. The number of hydrogen-bond acceptors (Lipinski definition) is 7. The van der Waals surface area contributed by atoms with Gasteiger partial charge in [0.05, 0.1) is 23.3 Å². The maximum absolute atomic E-state index is 13.2. The quantitative estimate of drug-likeness (QED) is 0.309. The number of methoxy groups -OCH3 is 1. The lowest BCUT2D eigenvalue weighted by atomic mass is 9.83. The van der Waals surface area contributed by atoms with Crippen molar-refractivity contribution in [3.8, 4) is 5.75 Å². The van der Waals surface area contributed by atoms with Gasteiger partial charge < -0.3 is 14.4 Å². The monoisotopic (exact) mass is 534 g/mol. The molecule has 0 aromatic heterocycles. The third-order valence-electron chi connectivity index (χ3n) is 6.75. The van der Waals surface area contributed by atoms with Crippen molar-refractivity contribution in [1.29, 1.82) is 0 Å². The fourth-order valence-electron chi connectivity index (χ4n) is 4.55. The van der Waals surface area contributed by atoms with Crippen LogP contribution in [0.2, 0.25) is 0 Å². The molecule has 8 nitrogen and oxygen atoms in total. The Morgan fingerprint density at radius 3 is 2.34 bits per heavy atom. The molecule has 0 atom stereocenters. The second-order valence-corrected chi connectivity index (χ2v) is 11.4. The highest BCUT2D eigenvalue weighted by atomic mass is 32.2. The molecule has 38 heavy (non-hydrogen) atoms. The second kappa shape index (κ2) is 10.3. The van der Waals surface area contributed by atoms with E-state index in [-0.39, 0.29) is 21.7 Å². The minimum Gasteiger partial charge on any atom is -0.497 e. The Hall–Kier alpha value is -4.11. The summed E-state index contributed by atoms with van der Waals surface area (Å²) in [5.74, 6) is -0.561. The van der Waals surface area contributed by atoms with E-state index in [2.05, 4.69) is 0 Å². The summed E-state index contributed by atoms with van der Waals surface area (Å²) in [5, 5.41) is 0. The van der Waals surface area contributed by atoms with Gasteiger partial charge in [-0.25, -0.2) is 13.2 Å². The molecule has 0 N–H and O–H groups in total. The van der Waals surface area contributed by atoms with Crippen molar-refractivity contribution in [2.45, 2.75) is 24.2 Å². The van der Waals surface area contributed by atoms with E-state index in [0.717, 1.165) is 21.3 Å². The SMILES string of the molecule is COc1ccc(N(C)S(=O)(=O)c2cccc(C(=O)OCC(=O)C=C3N(C)c4ccccc4C3(C)C)c2)cc1. The van der Waals surface area contributed by atoms with Crippen LogP contribution in [0.3, 0.4) is 0 Å². The second-order valence-electron chi connectivity index (χ2n) is 9.47. The predicted octanol–water partition coefficient (Wildman–Crippen LogP) is 4.56. The summed E-state index contributed by atoms with van der Waals surface area (Å²) in [6.07, 6.45) is 1.50. The van der Waals surface area contributed by atoms with Gasteiger partial charge in [0, 0.05) is 37.0 Å². The molecule has 1 aliphatic rings. The van der Waals surface area contributed by atoms with Crippen molar-refractivity contribution in [2.75, 3.05) is 37.0 Å². The fourth-order valence-corrected chi connectivity index (χ4v) is 5.79. The first-order chi connectivity index (χ1) is 18.0. The van der Waals surface area contributed by atoms with E-state index in [1.54, 1.807) is 24.3 Å². The molecule has 1 heterocycles. The van der Waals surface area contributed by atoms with Crippen LogP contribution in [0.25, 0.3) is 0 Å². The molecule has 0 aliphatic carbocycles. The maximum Gasteiger partial charge on any atom is 0.338 e. The van der Waals surface area contributed by atoms with Crippen LogP contribution in [0.1, 0.15) is 29.8 Å². The van der Waals surface area contributed by atoms with Crippen LogP contribution < -0.4 is 13.9 Å². The number of sulfonamides is 1. The summed E-state index contributed by atoms with van der Waals surface area (Å²) in [7, 11) is 0.889. The van der Waals surface area contributed by atoms with E-state index in [1.807, 2.05) is 50.1 Å². The van der Waals surface area contributed by atoms with E-state index in [9.17, 15) is 18.0 Å². The van der Waals surface area contributed by atoms with Crippen LogP contribution in [-0.4, -0.2) is 48.0 Å². The number of likely N-dealkylation sites (N-methyl/N-ethyl adjacent to an activating group) is 1. The summed E-state index contributed by atoms with van der Waals surface area (Å²) < 4.78 is 37.8. The molecule has 4 rings (SSSR count). The number of ketones is 1. The largest absolute Gasteiger partial charge is 0.497 e. The zero-order valence-corrected chi connectivity index (χ0v) is 22.8. The molecule has 0 unspecified atom stereocenters. The van der Waals surface area contributed by atoms with Crippen LogP contribution in [0.5, 0.6) is 5.75 Å². The summed E-state index contributed by atoms with van der Waals surface area (Å²) in [4.78, 5) is 27.3. The Kier molecular flexibility index (Phi) is 7.33. The number of anilines is 2. The average Bonchev–Trinajstić information content (AvgIpc) is 3.12. The summed E-state index contributed by atoms with van der Waals surface area (Å²) in [6.45, 7) is 3.61. The van der Waals surface area contributed by atoms with Crippen LogP contribution >= 0.6 is 0 Å². The Labute approximate surface area is 223 Å². The van der Waals surface area contributed by atoms with Crippen LogP contribution in [0.15, 0.2) is 89.5 Å². The molecule has 198 valence electrons. The maximum atomic E-state index is 13.2. The predicted molar refractivity (Wildman–Crippen MR) is 146 cm³/mol. The smallest absolute Gasteiger partial charge is 0.338 e. The van der Waals surface area contributed by atoms with Crippen molar-refractivity contribution >= 4 is 33.2 Å². The third kappa shape index (κ3) is 5.02. The average molecular weight is 535 g/mol. The highest BCUT2D eigenvalue weighted by molar-refractivity contribution is 7.92. The van der Waals surface area contributed by atoms with Gasteiger partial charge in [-0.05, 0) is 54.1 Å². The highest BCUT2D eigenvalue weighted by Gasteiger charge is 2.38. The number of rotatable bonds is 8. The van der Waals surface area contributed by atoms with Crippen LogP contribution in [0, 0.1) is 0 Å². The molecular formula is C29H30N2O6S. The lowest BCUT2D eigenvalue weighted by Crippen LogP contribution is -2.26. The first-order valence-electron chi connectivity index (χ1n) is 11.9. The molecule has 0 saturated heterocycles. The van der Waals surface area contributed by atoms with Crippen LogP contribution in [-0.2, 0) is 25.0 Å². The Bertz CT molecular complexity index is 1510. The topological polar surface area (TPSA) is 93.2 Å². The van der Waals surface area contributed by atoms with E-state index < -0.39 is 22.6 Å². The number of ether oxygens (including phenoxy) is 2. The number of esters is 1. The zero-order valence-electron chi connectivity index (χ0n) is 22.0. The molecule has 9 heteroatoms. The van der Waals surface area contributed by atoms with E-state index in [1.165, 1.54) is 44.5 Å². The van der Waals surface area contributed by atoms with Gasteiger partial charge >= 0.3 is 5.97 Å². The molecule has 1 aliphatic heterocycles. The lowest BCUT2D eigenvalue weighted by molar-refractivity contribution is -0.117. The van der Waals surface area contributed by atoms with Gasteiger partial charge in [0.15, 0.2) is 12.4 Å². The van der Waals surface area contributed by atoms with E-state index >= 15 is 0 Å². The number of allylic oxidation sites excluding steroid dienone is 1. The molecule has 3 aromatic rings. The number of benzene rings is 3. The first-order valence-corrected chi connectivity index (χ1v) is 13.4. The minimum absolute atomic E-state index is 0.0281. The first kappa shape index (κ1) is 26.9. The Morgan fingerprint density at radius 2 is 1.68 bits per heavy atom. The van der Waals surface area contributed by atoms with Crippen molar-refractivity contribution in [2.24, 2.45) is 0 Å². The lowest BCUT2D eigenvalue weighted by Gasteiger charge is -2.23. The molecule has 0 amide bonds. The number of carbonyl (C=O) groups excluding carboxylic acids is 2.